The predicted molar refractivity (Wildman–Crippen MR) is 85.2 cm³/mol. The molecule has 2 amide bonds. The van der Waals surface area contributed by atoms with E-state index in [1.54, 1.807) is 36.9 Å². The highest BCUT2D eigenvalue weighted by atomic mass is 35.5. The highest BCUT2D eigenvalue weighted by molar-refractivity contribution is 6.31. The van der Waals surface area contributed by atoms with E-state index in [2.05, 4.69) is 5.32 Å². The van der Waals surface area contributed by atoms with Crippen LogP contribution < -0.4 is 10.2 Å². The van der Waals surface area contributed by atoms with Crippen LogP contribution in [0.5, 0.6) is 0 Å². The van der Waals surface area contributed by atoms with E-state index in [0.717, 1.165) is 6.42 Å². The average Bonchev–Trinajstić information content (AvgIpc) is 2.93. The summed E-state index contributed by atoms with van der Waals surface area (Å²) in [6.07, 6.45) is 1.26. The molecule has 0 saturated carbocycles. The van der Waals surface area contributed by atoms with Crippen molar-refractivity contribution >= 4 is 34.8 Å². The highest BCUT2D eigenvalue weighted by Crippen LogP contribution is 2.39. The second kappa shape index (κ2) is 5.56. The lowest BCUT2D eigenvalue weighted by molar-refractivity contribution is -0.127. The molecule has 5 nitrogen and oxygen atoms in total. The monoisotopic (exact) mass is 322 g/mol. The molecule has 1 aromatic carbocycles. The zero-order valence-corrected chi connectivity index (χ0v) is 13.4. The topological polar surface area (TPSA) is 58.6 Å². The van der Waals surface area contributed by atoms with Crippen molar-refractivity contribution in [3.63, 3.8) is 0 Å². The summed E-state index contributed by atoms with van der Waals surface area (Å²) in [7, 11) is 0. The van der Waals surface area contributed by atoms with Crippen molar-refractivity contribution < 1.29 is 14.3 Å². The molecule has 22 heavy (non-hydrogen) atoms. The van der Waals surface area contributed by atoms with Gasteiger partial charge in [-0.05, 0) is 44.4 Å². The van der Waals surface area contributed by atoms with Gasteiger partial charge < -0.3 is 10.1 Å². The maximum Gasteiger partial charge on any atom is 0.250 e. The number of nitrogens with one attached hydrogen (secondary N) is 1. The van der Waals surface area contributed by atoms with Crippen molar-refractivity contribution in [3.8, 4) is 0 Å². The number of carbonyl (C=O) groups excluding carboxylic acids is 2. The van der Waals surface area contributed by atoms with Gasteiger partial charge in [0.1, 0.15) is 5.54 Å². The highest BCUT2D eigenvalue weighted by Gasteiger charge is 2.44. The van der Waals surface area contributed by atoms with Crippen LogP contribution in [-0.2, 0) is 14.3 Å². The van der Waals surface area contributed by atoms with Crippen LogP contribution in [0.3, 0.4) is 0 Å². The number of halogens is 1. The summed E-state index contributed by atoms with van der Waals surface area (Å²) in [4.78, 5) is 26.8. The van der Waals surface area contributed by atoms with Gasteiger partial charge in [0.25, 0.3) is 0 Å². The number of hydrogen-bond donors (Lipinski definition) is 1. The SMILES string of the molecule is CC1(C)C(=O)Nc2ccc(Cl)cc2N1C(=O)C[C@H]1CCOC1. The Morgan fingerprint density at radius 1 is 1.50 bits per heavy atom. The van der Waals surface area contributed by atoms with E-state index in [-0.39, 0.29) is 17.7 Å². The first-order chi connectivity index (χ1) is 10.4. The van der Waals surface area contributed by atoms with Crippen molar-refractivity contribution in [2.45, 2.75) is 32.2 Å². The predicted octanol–water partition coefficient (Wildman–Crippen LogP) is 2.83. The molecule has 1 fully saturated rings. The summed E-state index contributed by atoms with van der Waals surface area (Å²) in [5, 5.41) is 3.37. The summed E-state index contributed by atoms with van der Waals surface area (Å²) in [5.41, 5.74) is 0.319. The first kappa shape index (κ1) is 15.3. The Morgan fingerprint density at radius 3 is 2.95 bits per heavy atom. The van der Waals surface area contributed by atoms with Crippen molar-refractivity contribution in [2.75, 3.05) is 23.4 Å². The minimum Gasteiger partial charge on any atom is -0.381 e. The molecule has 1 N–H and O–H groups in total. The van der Waals surface area contributed by atoms with Gasteiger partial charge in [-0.25, -0.2) is 0 Å². The van der Waals surface area contributed by atoms with Crippen LogP contribution >= 0.6 is 11.6 Å². The molecule has 6 heteroatoms. The number of carbonyl (C=O) groups is 2. The van der Waals surface area contributed by atoms with Gasteiger partial charge in [-0.2, -0.15) is 0 Å². The maximum absolute atomic E-state index is 12.8. The minimum atomic E-state index is -0.950. The largest absolute Gasteiger partial charge is 0.381 e. The Kier molecular flexibility index (Phi) is 3.87. The zero-order valence-electron chi connectivity index (χ0n) is 12.7. The normalized spacial score (nSPS) is 23.1. The molecule has 2 heterocycles. The van der Waals surface area contributed by atoms with Gasteiger partial charge >= 0.3 is 0 Å². The second-order valence-corrected chi connectivity index (χ2v) is 6.77. The molecule has 0 spiro atoms. The number of fused-ring (bicyclic) bond motifs is 1. The maximum atomic E-state index is 12.8. The molecular formula is C16H19ClN2O3. The van der Waals surface area contributed by atoms with E-state index in [1.807, 2.05) is 0 Å². The molecule has 0 bridgehead atoms. The number of hydrogen-bond acceptors (Lipinski definition) is 3. The third-order valence-electron chi connectivity index (χ3n) is 4.30. The van der Waals surface area contributed by atoms with Crippen LogP contribution in [0.15, 0.2) is 18.2 Å². The number of nitrogens with zero attached hydrogens (tertiary/aromatic N) is 1. The van der Waals surface area contributed by atoms with Gasteiger partial charge in [-0.3, -0.25) is 14.5 Å². The lowest BCUT2D eigenvalue weighted by Gasteiger charge is -2.42. The smallest absolute Gasteiger partial charge is 0.250 e. The standard InChI is InChI=1S/C16H19ClN2O3/c1-16(2)15(21)18-12-4-3-11(17)8-13(12)19(16)14(20)7-10-5-6-22-9-10/h3-4,8,10H,5-7,9H2,1-2H3,(H,18,21)/t10-/m1/s1. The number of anilines is 2. The van der Waals surface area contributed by atoms with Gasteiger partial charge in [-0.15, -0.1) is 0 Å². The molecule has 0 unspecified atom stereocenters. The Morgan fingerprint density at radius 2 is 2.27 bits per heavy atom. The summed E-state index contributed by atoms with van der Waals surface area (Å²) in [6.45, 7) is 4.79. The summed E-state index contributed by atoms with van der Waals surface area (Å²) < 4.78 is 5.34. The number of benzene rings is 1. The van der Waals surface area contributed by atoms with Gasteiger partial charge in [0.2, 0.25) is 11.8 Å². The Labute approximate surface area is 134 Å². The second-order valence-electron chi connectivity index (χ2n) is 6.34. The minimum absolute atomic E-state index is 0.0705. The molecule has 1 atom stereocenters. The molecular weight excluding hydrogens is 304 g/mol. The molecule has 1 saturated heterocycles. The van der Waals surface area contributed by atoms with E-state index in [0.29, 0.717) is 36.0 Å². The third kappa shape index (κ3) is 2.59. The molecule has 3 rings (SSSR count). The molecule has 0 aromatic heterocycles. The molecule has 0 aliphatic carbocycles. The zero-order chi connectivity index (χ0) is 15.9. The summed E-state index contributed by atoms with van der Waals surface area (Å²) >= 11 is 6.08. The van der Waals surface area contributed by atoms with Gasteiger partial charge in [-0.1, -0.05) is 11.6 Å². The van der Waals surface area contributed by atoms with Crippen LogP contribution in [-0.4, -0.2) is 30.6 Å². The van der Waals surface area contributed by atoms with Crippen LogP contribution in [0.4, 0.5) is 11.4 Å². The lowest BCUT2D eigenvalue weighted by Crippen LogP contribution is -2.58. The van der Waals surface area contributed by atoms with E-state index in [4.69, 9.17) is 16.3 Å². The molecule has 2 aliphatic heterocycles. The van der Waals surface area contributed by atoms with E-state index in [1.165, 1.54) is 0 Å². The van der Waals surface area contributed by atoms with Gasteiger partial charge in [0.15, 0.2) is 0 Å². The molecule has 2 aliphatic rings. The Balaban J connectivity index is 1.97. The van der Waals surface area contributed by atoms with Crippen LogP contribution in [0, 0.1) is 5.92 Å². The molecule has 1 aromatic rings. The Hall–Kier alpha value is -1.59. The fraction of sp³-hybridized carbons (Fsp3) is 0.500. The van der Waals surface area contributed by atoms with E-state index in [9.17, 15) is 9.59 Å². The first-order valence-corrected chi connectivity index (χ1v) is 7.79. The van der Waals surface area contributed by atoms with Crippen LogP contribution in [0.2, 0.25) is 5.02 Å². The van der Waals surface area contributed by atoms with Crippen LogP contribution in [0.25, 0.3) is 0 Å². The molecule has 118 valence electrons. The fourth-order valence-electron chi connectivity index (χ4n) is 3.00. The fourth-order valence-corrected chi connectivity index (χ4v) is 3.17. The number of ether oxygens (including phenoxy) is 1. The van der Waals surface area contributed by atoms with Crippen molar-refractivity contribution in [1.82, 2.24) is 0 Å². The lowest BCUT2D eigenvalue weighted by atomic mass is 9.94. The van der Waals surface area contributed by atoms with E-state index < -0.39 is 5.54 Å². The third-order valence-corrected chi connectivity index (χ3v) is 4.54. The summed E-state index contributed by atoms with van der Waals surface area (Å²) in [5.74, 6) is -0.0480. The quantitative estimate of drug-likeness (QED) is 0.911. The number of amides is 2. The first-order valence-electron chi connectivity index (χ1n) is 7.41. The average molecular weight is 323 g/mol. The van der Waals surface area contributed by atoms with E-state index >= 15 is 0 Å². The summed E-state index contributed by atoms with van der Waals surface area (Å²) in [6, 6.07) is 5.15. The van der Waals surface area contributed by atoms with Gasteiger partial charge in [0, 0.05) is 24.7 Å². The van der Waals surface area contributed by atoms with Gasteiger partial charge in [0.05, 0.1) is 11.4 Å². The van der Waals surface area contributed by atoms with Crippen molar-refractivity contribution in [3.05, 3.63) is 23.2 Å². The van der Waals surface area contributed by atoms with Crippen molar-refractivity contribution in [1.29, 1.82) is 0 Å². The Bertz CT molecular complexity index is 624. The van der Waals surface area contributed by atoms with Crippen LogP contribution in [0.1, 0.15) is 26.7 Å². The number of rotatable bonds is 2. The molecule has 0 radical (unpaired) electrons. The van der Waals surface area contributed by atoms with Crippen molar-refractivity contribution in [2.24, 2.45) is 5.92 Å².